The highest BCUT2D eigenvalue weighted by Gasteiger charge is 2.04. The van der Waals surface area contributed by atoms with Gasteiger partial charge in [0.1, 0.15) is 0 Å². The van der Waals surface area contributed by atoms with Gasteiger partial charge >= 0.3 is 0 Å². The molecular weight excluding hydrogens is 268 g/mol. The van der Waals surface area contributed by atoms with Gasteiger partial charge < -0.3 is 10.6 Å². The molecule has 0 saturated heterocycles. The highest BCUT2D eigenvalue weighted by Crippen LogP contribution is 2.12. The summed E-state index contributed by atoms with van der Waals surface area (Å²) in [5.41, 5.74) is 3.28. The molecule has 3 nitrogen and oxygen atoms in total. The number of nitrogens with one attached hydrogen (secondary N) is 2. The molecule has 1 amide bonds. The smallest absolute Gasteiger partial charge is 0.224 e. The largest absolute Gasteiger partial charge is 0.326 e. The van der Waals surface area contributed by atoms with Crippen molar-refractivity contribution in [3.63, 3.8) is 0 Å². The normalized spacial score (nSPS) is 10.4. The van der Waals surface area contributed by atoms with E-state index in [0.717, 1.165) is 25.2 Å². The molecule has 1 heterocycles. The molecule has 0 radical (unpaired) electrons. The van der Waals surface area contributed by atoms with E-state index in [-0.39, 0.29) is 5.91 Å². The van der Waals surface area contributed by atoms with E-state index in [4.69, 9.17) is 0 Å². The fourth-order valence-electron chi connectivity index (χ4n) is 1.94. The summed E-state index contributed by atoms with van der Waals surface area (Å²) >= 11 is 1.67. The number of hydrogen-bond acceptors (Lipinski definition) is 3. The predicted molar refractivity (Wildman–Crippen MR) is 85.1 cm³/mol. The zero-order valence-corrected chi connectivity index (χ0v) is 12.5. The first-order chi connectivity index (χ1) is 9.78. The standard InChI is InChI=1S/C16H20N2OS/c1-2-17-11-14-4-3-5-15(10-14)18-16(19)7-6-13-8-9-20-12-13/h3-5,8-10,12,17H,2,6-7,11H2,1H3,(H,18,19). The van der Waals surface area contributed by atoms with E-state index in [1.165, 1.54) is 11.1 Å². The lowest BCUT2D eigenvalue weighted by Gasteiger charge is -2.07. The van der Waals surface area contributed by atoms with E-state index in [1.54, 1.807) is 11.3 Å². The third-order valence-electron chi connectivity index (χ3n) is 3.01. The Kier molecular flexibility index (Phi) is 5.77. The van der Waals surface area contributed by atoms with Crippen molar-refractivity contribution in [3.05, 3.63) is 52.2 Å². The van der Waals surface area contributed by atoms with Crippen LogP contribution in [0.4, 0.5) is 5.69 Å². The molecule has 1 aromatic carbocycles. The van der Waals surface area contributed by atoms with Gasteiger partial charge in [-0.15, -0.1) is 0 Å². The van der Waals surface area contributed by atoms with Crippen LogP contribution in [0.2, 0.25) is 0 Å². The van der Waals surface area contributed by atoms with Gasteiger partial charge in [-0.3, -0.25) is 4.79 Å². The Balaban J connectivity index is 1.84. The summed E-state index contributed by atoms with van der Waals surface area (Å²) in [4.78, 5) is 11.9. The number of aryl methyl sites for hydroxylation is 1. The predicted octanol–water partition coefficient (Wildman–Crippen LogP) is 3.43. The van der Waals surface area contributed by atoms with Gasteiger partial charge in [0.15, 0.2) is 0 Å². The molecule has 0 unspecified atom stereocenters. The molecule has 0 saturated carbocycles. The lowest BCUT2D eigenvalue weighted by molar-refractivity contribution is -0.116. The van der Waals surface area contributed by atoms with Crippen molar-refractivity contribution in [1.29, 1.82) is 0 Å². The van der Waals surface area contributed by atoms with Gasteiger partial charge in [-0.1, -0.05) is 19.1 Å². The summed E-state index contributed by atoms with van der Waals surface area (Å²) in [6.07, 6.45) is 1.32. The first-order valence-corrected chi connectivity index (χ1v) is 7.83. The van der Waals surface area contributed by atoms with Crippen LogP contribution in [0.5, 0.6) is 0 Å². The van der Waals surface area contributed by atoms with Crippen LogP contribution in [0.3, 0.4) is 0 Å². The number of thiophene rings is 1. The van der Waals surface area contributed by atoms with Crippen molar-refractivity contribution < 1.29 is 4.79 Å². The number of carbonyl (C=O) groups excluding carboxylic acids is 1. The molecule has 1 aromatic heterocycles. The fraction of sp³-hybridized carbons (Fsp3) is 0.312. The van der Waals surface area contributed by atoms with E-state index in [1.807, 2.05) is 23.6 Å². The molecule has 0 spiro atoms. The van der Waals surface area contributed by atoms with Gasteiger partial charge in [0.25, 0.3) is 0 Å². The van der Waals surface area contributed by atoms with Crippen LogP contribution in [-0.4, -0.2) is 12.5 Å². The summed E-state index contributed by atoms with van der Waals surface area (Å²) in [7, 11) is 0. The molecule has 0 atom stereocenters. The second-order valence-electron chi connectivity index (χ2n) is 4.66. The van der Waals surface area contributed by atoms with Crippen LogP contribution in [-0.2, 0) is 17.8 Å². The highest BCUT2D eigenvalue weighted by atomic mass is 32.1. The van der Waals surface area contributed by atoms with Crippen LogP contribution in [0.1, 0.15) is 24.5 Å². The number of anilines is 1. The maximum Gasteiger partial charge on any atom is 0.224 e. The van der Waals surface area contributed by atoms with Gasteiger partial charge in [-0.05, 0) is 53.1 Å². The Bertz CT molecular complexity index is 537. The second-order valence-corrected chi connectivity index (χ2v) is 5.44. The zero-order valence-electron chi connectivity index (χ0n) is 11.7. The lowest BCUT2D eigenvalue weighted by Crippen LogP contribution is -2.14. The Hall–Kier alpha value is -1.65. The van der Waals surface area contributed by atoms with Crippen molar-refractivity contribution in [2.45, 2.75) is 26.3 Å². The SMILES string of the molecule is CCNCc1cccc(NC(=O)CCc2ccsc2)c1. The van der Waals surface area contributed by atoms with Crippen LogP contribution in [0.15, 0.2) is 41.1 Å². The first-order valence-electron chi connectivity index (χ1n) is 6.88. The molecule has 0 bridgehead atoms. The van der Waals surface area contributed by atoms with Crippen molar-refractivity contribution >= 4 is 22.9 Å². The number of hydrogen-bond donors (Lipinski definition) is 2. The van der Waals surface area contributed by atoms with Crippen LogP contribution in [0.25, 0.3) is 0 Å². The molecule has 2 aromatic rings. The van der Waals surface area contributed by atoms with Crippen LogP contribution < -0.4 is 10.6 Å². The summed E-state index contributed by atoms with van der Waals surface area (Å²) in [6, 6.07) is 10.0. The number of carbonyl (C=O) groups is 1. The first kappa shape index (κ1) is 14.8. The molecule has 2 N–H and O–H groups in total. The average molecular weight is 288 g/mol. The number of amides is 1. The second kappa shape index (κ2) is 7.82. The Morgan fingerprint density at radius 1 is 1.25 bits per heavy atom. The Morgan fingerprint density at radius 2 is 2.15 bits per heavy atom. The van der Waals surface area contributed by atoms with E-state index < -0.39 is 0 Å². The van der Waals surface area contributed by atoms with Crippen molar-refractivity contribution in [2.75, 3.05) is 11.9 Å². The quantitative estimate of drug-likeness (QED) is 0.819. The van der Waals surface area contributed by atoms with E-state index in [9.17, 15) is 4.79 Å². The minimum absolute atomic E-state index is 0.0665. The molecule has 0 aliphatic heterocycles. The van der Waals surface area contributed by atoms with Gasteiger partial charge in [-0.2, -0.15) is 11.3 Å². The van der Waals surface area contributed by atoms with Gasteiger partial charge in [0, 0.05) is 18.7 Å². The third-order valence-corrected chi connectivity index (χ3v) is 3.74. The number of benzene rings is 1. The van der Waals surface area contributed by atoms with Crippen LogP contribution >= 0.6 is 11.3 Å². The van der Waals surface area contributed by atoms with Gasteiger partial charge in [-0.25, -0.2) is 0 Å². The summed E-state index contributed by atoms with van der Waals surface area (Å²) in [5.74, 6) is 0.0665. The molecule has 106 valence electrons. The minimum Gasteiger partial charge on any atom is -0.326 e. The van der Waals surface area contributed by atoms with E-state index in [0.29, 0.717) is 6.42 Å². The lowest BCUT2D eigenvalue weighted by atomic mass is 10.1. The van der Waals surface area contributed by atoms with E-state index >= 15 is 0 Å². The van der Waals surface area contributed by atoms with Gasteiger partial charge in [0.2, 0.25) is 5.91 Å². The van der Waals surface area contributed by atoms with Gasteiger partial charge in [0.05, 0.1) is 0 Å². The third kappa shape index (κ3) is 4.79. The van der Waals surface area contributed by atoms with Crippen molar-refractivity contribution in [1.82, 2.24) is 5.32 Å². The molecule has 0 aliphatic rings. The highest BCUT2D eigenvalue weighted by molar-refractivity contribution is 7.07. The minimum atomic E-state index is 0.0665. The number of rotatable bonds is 7. The maximum atomic E-state index is 11.9. The summed E-state index contributed by atoms with van der Waals surface area (Å²) in [5, 5.41) is 10.4. The maximum absolute atomic E-state index is 11.9. The van der Waals surface area contributed by atoms with Crippen molar-refractivity contribution in [3.8, 4) is 0 Å². The fourth-order valence-corrected chi connectivity index (χ4v) is 2.65. The zero-order chi connectivity index (χ0) is 14.2. The van der Waals surface area contributed by atoms with Crippen LogP contribution in [0, 0.1) is 0 Å². The Labute approximate surface area is 124 Å². The summed E-state index contributed by atoms with van der Waals surface area (Å²) in [6.45, 7) is 3.85. The molecule has 0 aliphatic carbocycles. The molecule has 0 fully saturated rings. The monoisotopic (exact) mass is 288 g/mol. The topological polar surface area (TPSA) is 41.1 Å². The van der Waals surface area contributed by atoms with E-state index in [2.05, 4.69) is 35.1 Å². The summed E-state index contributed by atoms with van der Waals surface area (Å²) < 4.78 is 0. The molecule has 2 rings (SSSR count). The average Bonchev–Trinajstić information content (AvgIpc) is 2.97. The Morgan fingerprint density at radius 3 is 2.90 bits per heavy atom. The molecule has 20 heavy (non-hydrogen) atoms. The molecule has 4 heteroatoms. The van der Waals surface area contributed by atoms with Crippen molar-refractivity contribution in [2.24, 2.45) is 0 Å². The molecular formula is C16H20N2OS.